The van der Waals surface area contributed by atoms with Gasteiger partial charge in [-0.2, -0.15) is 5.26 Å². The van der Waals surface area contributed by atoms with Crippen molar-refractivity contribution in [2.75, 3.05) is 0 Å². The van der Waals surface area contributed by atoms with Crippen LogP contribution in [0.2, 0.25) is 0 Å². The quantitative estimate of drug-likeness (QED) is 0.639. The zero-order valence-corrected chi connectivity index (χ0v) is 10.6. The second-order valence-electron chi connectivity index (χ2n) is 3.95. The molecule has 84 valence electrons. The maximum absolute atomic E-state index is 8.89. The number of hydrogen-bond donors (Lipinski definition) is 1. The third-order valence-corrected chi connectivity index (χ3v) is 3.35. The highest BCUT2D eigenvalue weighted by atomic mass is 32.2. The van der Waals surface area contributed by atoms with Crippen molar-refractivity contribution in [3.8, 4) is 6.07 Å². The zero-order valence-electron chi connectivity index (χ0n) is 9.82. The molecule has 0 saturated heterocycles. The van der Waals surface area contributed by atoms with E-state index in [9.17, 15) is 0 Å². The molecule has 0 atom stereocenters. The van der Waals surface area contributed by atoms with Gasteiger partial charge < -0.3 is 5.73 Å². The molecule has 0 aliphatic heterocycles. The predicted octanol–water partition coefficient (Wildman–Crippen LogP) is 3.62. The highest BCUT2D eigenvalue weighted by Crippen LogP contribution is 2.28. The van der Waals surface area contributed by atoms with Crippen molar-refractivity contribution in [1.29, 1.82) is 5.26 Å². The highest BCUT2D eigenvalue weighted by Gasteiger charge is 2.03. The van der Waals surface area contributed by atoms with E-state index >= 15 is 0 Å². The molecule has 0 aromatic heterocycles. The molecule has 3 heteroatoms. The number of rotatable bonds is 3. The maximum atomic E-state index is 8.89. The molecule has 0 radical (unpaired) electrons. The maximum Gasteiger partial charge on any atom is 0.108 e. The molecular formula is C13H16N2S. The number of benzene rings is 1. The zero-order chi connectivity index (χ0) is 12.1. The van der Waals surface area contributed by atoms with Gasteiger partial charge in [-0.1, -0.05) is 37.7 Å². The lowest BCUT2D eigenvalue weighted by Crippen LogP contribution is -1.94. The van der Waals surface area contributed by atoms with Gasteiger partial charge in [0.25, 0.3) is 0 Å². The molecule has 0 saturated carbocycles. The van der Waals surface area contributed by atoms with Gasteiger partial charge in [0.1, 0.15) is 11.0 Å². The van der Waals surface area contributed by atoms with Gasteiger partial charge >= 0.3 is 0 Å². The van der Waals surface area contributed by atoms with Gasteiger partial charge in [0.15, 0.2) is 0 Å². The molecule has 1 aromatic rings. The molecule has 0 unspecified atom stereocenters. The summed E-state index contributed by atoms with van der Waals surface area (Å²) in [5.74, 6) is 0.529. The van der Waals surface area contributed by atoms with Crippen molar-refractivity contribution in [3.63, 3.8) is 0 Å². The van der Waals surface area contributed by atoms with Gasteiger partial charge in [-0.15, -0.1) is 0 Å². The number of nitriles is 1. The first kappa shape index (κ1) is 12.7. The molecule has 0 heterocycles. The van der Waals surface area contributed by atoms with Crippen LogP contribution in [0.25, 0.3) is 0 Å². The smallest absolute Gasteiger partial charge is 0.108 e. The van der Waals surface area contributed by atoms with Crippen LogP contribution >= 0.6 is 11.8 Å². The molecule has 0 bridgehead atoms. The monoisotopic (exact) mass is 232 g/mol. The number of nitrogens with two attached hydrogens (primary N) is 1. The van der Waals surface area contributed by atoms with E-state index in [1.54, 1.807) is 6.92 Å². The number of thioether (sulfide) groups is 1. The average Bonchev–Trinajstić information content (AvgIpc) is 2.26. The molecule has 0 aliphatic carbocycles. The summed E-state index contributed by atoms with van der Waals surface area (Å²) in [6.45, 7) is 6.06. The first-order chi connectivity index (χ1) is 7.54. The second kappa shape index (κ2) is 5.62. The Morgan fingerprint density at radius 1 is 1.31 bits per heavy atom. The van der Waals surface area contributed by atoms with E-state index in [1.807, 2.05) is 12.1 Å². The molecule has 16 heavy (non-hydrogen) atoms. The van der Waals surface area contributed by atoms with Gasteiger partial charge in [0.2, 0.25) is 0 Å². The lowest BCUT2D eigenvalue weighted by molar-refractivity contribution is 0.865. The normalized spacial score (nSPS) is 12.2. The minimum atomic E-state index is 0.529. The van der Waals surface area contributed by atoms with Crippen LogP contribution in [0, 0.1) is 11.3 Å². The standard InChI is InChI=1S/C13H16N2S/c1-9(2)11-4-6-12(7-5-11)16-13(8-14)10(3)15/h4-7,9H,15H2,1-3H3/b13-10-. The van der Waals surface area contributed by atoms with Crippen LogP contribution in [-0.4, -0.2) is 0 Å². The van der Waals surface area contributed by atoms with Crippen molar-refractivity contribution < 1.29 is 0 Å². The Morgan fingerprint density at radius 2 is 1.88 bits per heavy atom. The van der Waals surface area contributed by atoms with Crippen LogP contribution in [0.5, 0.6) is 0 Å². The second-order valence-corrected chi connectivity index (χ2v) is 5.03. The largest absolute Gasteiger partial charge is 0.401 e. The lowest BCUT2D eigenvalue weighted by atomic mass is 10.0. The topological polar surface area (TPSA) is 49.8 Å². The van der Waals surface area contributed by atoms with Gasteiger partial charge in [0.05, 0.1) is 0 Å². The van der Waals surface area contributed by atoms with E-state index in [0.29, 0.717) is 16.5 Å². The molecule has 0 amide bonds. The average molecular weight is 232 g/mol. The summed E-state index contributed by atoms with van der Waals surface area (Å²) in [4.78, 5) is 1.61. The van der Waals surface area contributed by atoms with E-state index in [4.69, 9.17) is 11.0 Å². The molecule has 0 spiro atoms. The van der Waals surface area contributed by atoms with Crippen LogP contribution in [0.15, 0.2) is 39.8 Å². The van der Waals surface area contributed by atoms with Gasteiger partial charge in [-0.05, 0) is 30.5 Å². The van der Waals surface area contributed by atoms with E-state index in [2.05, 4.69) is 32.0 Å². The summed E-state index contributed by atoms with van der Waals surface area (Å²) in [6, 6.07) is 10.3. The summed E-state index contributed by atoms with van der Waals surface area (Å²) in [5, 5.41) is 8.89. The molecule has 0 fully saturated rings. The van der Waals surface area contributed by atoms with E-state index < -0.39 is 0 Å². The molecule has 0 aliphatic rings. The molecule has 1 rings (SSSR count). The van der Waals surface area contributed by atoms with E-state index in [-0.39, 0.29) is 0 Å². The van der Waals surface area contributed by atoms with Crippen LogP contribution < -0.4 is 5.73 Å². The van der Waals surface area contributed by atoms with Crippen LogP contribution in [0.4, 0.5) is 0 Å². The number of hydrogen-bond acceptors (Lipinski definition) is 3. The van der Waals surface area contributed by atoms with Crippen LogP contribution in [0.1, 0.15) is 32.3 Å². The molecular weight excluding hydrogens is 216 g/mol. The number of nitrogens with zero attached hydrogens (tertiary/aromatic N) is 1. The van der Waals surface area contributed by atoms with Crippen molar-refractivity contribution >= 4 is 11.8 Å². The Labute approximate surface area is 101 Å². The minimum absolute atomic E-state index is 0.529. The van der Waals surface area contributed by atoms with Crippen molar-refractivity contribution in [2.45, 2.75) is 31.6 Å². The van der Waals surface area contributed by atoms with Crippen molar-refractivity contribution in [1.82, 2.24) is 0 Å². The number of allylic oxidation sites excluding steroid dienone is 2. The third kappa shape index (κ3) is 3.32. The van der Waals surface area contributed by atoms with Crippen LogP contribution in [0.3, 0.4) is 0 Å². The Bertz CT molecular complexity index is 420. The minimum Gasteiger partial charge on any atom is -0.401 e. The Balaban J connectivity index is 2.85. The Morgan fingerprint density at radius 3 is 2.25 bits per heavy atom. The SMILES string of the molecule is C/C(N)=C(\C#N)Sc1ccc(C(C)C)cc1. The summed E-state index contributed by atoms with van der Waals surface area (Å²) in [7, 11) is 0. The van der Waals surface area contributed by atoms with E-state index in [1.165, 1.54) is 17.3 Å². The third-order valence-electron chi connectivity index (χ3n) is 2.23. The first-order valence-electron chi connectivity index (χ1n) is 5.19. The highest BCUT2D eigenvalue weighted by molar-refractivity contribution is 8.03. The van der Waals surface area contributed by atoms with Gasteiger partial charge in [-0.25, -0.2) is 0 Å². The predicted molar refractivity (Wildman–Crippen MR) is 68.9 cm³/mol. The van der Waals surface area contributed by atoms with Crippen LogP contribution in [-0.2, 0) is 0 Å². The molecule has 1 aromatic carbocycles. The molecule has 2 N–H and O–H groups in total. The van der Waals surface area contributed by atoms with Crippen molar-refractivity contribution in [2.24, 2.45) is 5.73 Å². The summed E-state index contributed by atoms with van der Waals surface area (Å²) in [5.41, 5.74) is 7.48. The van der Waals surface area contributed by atoms with Gasteiger partial charge in [-0.3, -0.25) is 0 Å². The summed E-state index contributed by atoms with van der Waals surface area (Å²) < 4.78 is 0. The first-order valence-corrected chi connectivity index (χ1v) is 6.00. The lowest BCUT2D eigenvalue weighted by Gasteiger charge is -2.06. The summed E-state index contributed by atoms with van der Waals surface area (Å²) in [6.07, 6.45) is 0. The fourth-order valence-electron chi connectivity index (χ4n) is 1.23. The Hall–Kier alpha value is -1.40. The van der Waals surface area contributed by atoms with E-state index in [0.717, 1.165) is 4.90 Å². The summed E-state index contributed by atoms with van der Waals surface area (Å²) >= 11 is 1.41. The fourth-order valence-corrected chi connectivity index (χ4v) is 1.94. The van der Waals surface area contributed by atoms with Gasteiger partial charge in [0, 0.05) is 10.6 Å². The molecule has 2 nitrogen and oxygen atoms in total. The Kier molecular flexibility index (Phi) is 4.45. The fraction of sp³-hybridized carbons (Fsp3) is 0.308. The van der Waals surface area contributed by atoms with Crippen molar-refractivity contribution in [3.05, 3.63) is 40.4 Å².